The minimum absolute atomic E-state index is 1.07. The summed E-state index contributed by atoms with van der Waals surface area (Å²) in [6, 6.07) is -1.27. The fourth-order valence-electron chi connectivity index (χ4n) is 0.769. The maximum atomic E-state index is 10.3. The van der Waals surface area contributed by atoms with Crippen molar-refractivity contribution in [3.63, 3.8) is 0 Å². The highest BCUT2D eigenvalue weighted by atomic mass is 16.4. The summed E-state index contributed by atoms with van der Waals surface area (Å²) >= 11 is 0. The van der Waals surface area contributed by atoms with Gasteiger partial charge in [0.25, 0.3) is 0 Å². The van der Waals surface area contributed by atoms with Gasteiger partial charge in [-0.1, -0.05) is 0 Å². The third kappa shape index (κ3) is 1.47. The van der Waals surface area contributed by atoms with Crippen LogP contribution in [0.1, 0.15) is 0 Å². The van der Waals surface area contributed by atoms with E-state index in [9.17, 15) is 4.79 Å². The Kier molecular flexibility index (Phi) is 2.06. The summed E-state index contributed by atoms with van der Waals surface area (Å²) in [4.78, 5) is 13.7. The molecule has 0 aromatic carbocycles. The average Bonchev–Trinajstić information content (AvgIpc) is 1.94. The van der Waals surface area contributed by atoms with Crippen LogP contribution in [0.5, 0.6) is 0 Å². The van der Waals surface area contributed by atoms with Crippen LogP contribution in [0.15, 0.2) is 4.99 Å². The molecule has 1 rings (SSSR count). The van der Waals surface area contributed by atoms with Crippen molar-refractivity contribution >= 4 is 12.3 Å². The lowest BCUT2D eigenvalue weighted by atomic mass is 10.1. The number of aliphatic hydroxyl groups is 2. The number of aliphatic carboxylic acids is 1. The van der Waals surface area contributed by atoms with Crippen molar-refractivity contribution in [2.24, 2.45) is 4.99 Å². The molecule has 1 aliphatic rings. The molecule has 1 aliphatic heterocycles. The lowest BCUT2D eigenvalue weighted by Crippen LogP contribution is -2.51. The number of hydrogen-bond donors (Lipinski definition) is 4. The Morgan fingerprint density at radius 1 is 1.55 bits per heavy atom. The molecule has 0 radical (unpaired) electrons. The Morgan fingerprint density at radius 2 is 2.18 bits per heavy atom. The molecular formula is C5H8N2O4. The second-order valence-electron chi connectivity index (χ2n) is 2.16. The maximum absolute atomic E-state index is 10.3. The summed E-state index contributed by atoms with van der Waals surface area (Å²) in [6.45, 7) is 0. The van der Waals surface area contributed by atoms with Gasteiger partial charge in [0, 0.05) is 0 Å². The van der Waals surface area contributed by atoms with Gasteiger partial charge < -0.3 is 20.6 Å². The number of nitrogens with zero attached hydrogens (tertiary/aromatic N) is 1. The molecule has 4 N–H and O–H groups in total. The quantitative estimate of drug-likeness (QED) is 0.347. The van der Waals surface area contributed by atoms with E-state index in [1.54, 1.807) is 0 Å². The molecule has 6 nitrogen and oxygen atoms in total. The second-order valence-corrected chi connectivity index (χ2v) is 2.16. The number of carboxylic acid groups (broad SMARTS) is 1. The van der Waals surface area contributed by atoms with Crippen molar-refractivity contribution in [3.05, 3.63) is 0 Å². The van der Waals surface area contributed by atoms with Gasteiger partial charge in [-0.05, 0) is 0 Å². The van der Waals surface area contributed by atoms with Crippen molar-refractivity contribution < 1.29 is 20.1 Å². The first kappa shape index (κ1) is 7.96. The second kappa shape index (κ2) is 2.85. The first-order chi connectivity index (χ1) is 5.13. The fraction of sp³-hybridized carbons (Fsp3) is 0.600. The van der Waals surface area contributed by atoms with Gasteiger partial charge in [-0.2, -0.15) is 0 Å². The van der Waals surface area contributed by atoms with Crippen LogP contribution in [0.2, 0.25) is 0 Å². The number of carboxylic acids is 1. The first-order valence-corrected chi connectivity index (χ1v) is 2.99. The Bertz CT molecular complexity index is 193. The van der Waals surface area contributed by atoms with Gasteiger partial charge in [-0.3, -0.25) is 4.99 Å². The molecule has 3 unspecified atom stereocenters. The molecule has 0 saturated carbocycles. The van der Waals surface area contributed by atoms with Gasteiger partial charge in [0.2, 0.25) is 0 Å². The van der Waals surface area contributed by atoms with Gasteiger partial charge in [0.15, 0.2) is 12.3 Å². The van der Waals surface area contributed by atoms with Crippen LogP contribution in [0.4, 0.5) is 0 Å². The Morgan fingerprint density at radius 3 is 2.64 bits per heavy atom. The molecule has 0 amide bonds. The lowest BCUT2D eigenvalue weighted by Gasteiger charge is -2.24. The van der Waals surface area contributed by atoms with E-state index in [4.69, 9.17) is 15.3 Å². The van der Waals surface area contributed by atoms with Crippen molar-refractivity contribution in [1.82, 2.24) is 5.32 Å². The SMILES string of the molecule is O=C(O)C1N=CNC(O)C1O. The summed E-state index contributed by atoms with van der Waals surface area (Å²) in [5.41, 5.74) is 0. The molecule has 0 aromatic rings. The van der Waals surface area contributed by atoms with Crippen LogP contribution < -0.4 is 5.32 Å². The van der Waals surface area contributed by atoms with Crippen molar-refractivity contribution in [3.8, 4) is 0 Å². The highest BCUT2D eigenvalue weighted by Crippen LogP contribution is 2.05. The molecule has 0 aliphatic carbocycles. The maximum Gasteiger partial charge on any atom is 0.331 e. The molecule has 0 bridgehead atoms. The van der Waals surface area contributed by atoms with Crippen LogP contribution in [-0.4, -0.2) is 46.0 Å². The minimum Gasteiger partial charge on any atom is -0.480 e. The standard InChI is InChI=1S/C5H8N2O4/c8-3-2(5(10)11)6-1-7-4(3)9/h1-4,8-9H,(H,6,7)(H,10,11). The summed E-state index contributed by atoms with van der Waals surface area (Å²) in [5.74, 6) is -1.26. The number of rotatable bonds is 1. The molecular weight excluding hydrogens is 152 g/mol. The zero-order valence-electron chi connectivity index (χ0n) is 5.51. The summed E-state index contributed by atoms with van der Waals surface area (Å²) < 4.78 is 0. The largest absolute Gasteiger partial charge is 0.480 e. The van der Waals surface area contributed by atoms with Crippen molar-refractivity contribution in [2.75, 3.05) is 0 Å². The first-order valence-electron chi connectivity index (χ1n) is 2.99. The van der Waals surface area contributed by atoms with E-state index in [0.717, 1.165) is 6.34 Å². The van der Waals surface area contributed by atoms with Crippen LogP contribution in [-0.2, 0) is 4.79 Å². The molecule has 11 heavy (non-hydrogen) atoms. The molecule has 3 atom stereocenters. The number of nitrogens with one attached hydrogen (secondary N) is 1. The highest BCUT2D eigenvalue weighted by molar-refractivity contribution is 5.77. The van der Waals surface area contributed by atoms with Gasteiger partial charge in [0.1, 0.15) is 6.10 Å². The minimum atomic E-state index is -1.39. The van der Waals surface area contributed by atoms with Gasteiger partial charge in [0.05, 0.1) is 6.34 Å². The number of carbonyl (C=O) groups is 1. The average molecular weight is 160 g/mol. The molecule has 6 heteroatoms. The normalized spacial score (nSPS) is 36.4. The van der Waals surface area contributed by atoms with E-state index in [1.807, 2.05) is 0 Å². The molecule has 0 saturated heterocycles. The van der Waals surface area contributed by atoms with Crippen LogP contribution in [0.3, 0.4) is 0 Å². The highest BCUT2D eigenvalue weighted by Gasteiger charge is 2.33. The predicted octanol–water partition coefficient (Wildman–Crippen LogP) is -2.25. The van der Waals surface area contributed by atoms with Crippen LogP contribution >= 0.6 is 0 Å². The predicted molar refractivity (Wildman–Crippen MR) is 35.1 cm³/mol. The molecule has 1 heterocycles. The zero-order valence-corrected chi connectivity index (χ0v) is 5.51. The van der Waals surface area contributed by atoms with E-state index >= 15 is 0 Å². The third-order valence-corrected chi connectivity index (χ3v) is 1.38. The topological polar surface area (TPSA) is 102 Å². The van der Waals surface area contributed by atoms with E-state index < -0.39 is 24.3 Å². The van der Waals surface area contributed by atoms with E-state index in [-0.39, 0.29) is 0 Å². The molecule has 0 aromatic heterocycles. The van der Waals surface area contributed by atoms with Gasteiger partial charge in [-0.15, -0.1) is 0 Å². The fourth-order valence-corrected chi connectivity index (χ4v) is 0.769. The lowest BCUT2D eigenvalue weighted by molar-refractivity contribution is -0.144. The Hall–Kier alpha value is -1.14. The molecule has 0 fully saturated rings. The monoisotopic (exact) mass is 160 g/mol. The number of aliphatic imine (C=N–C) groups is 1. The summed E-state index contributed by atoms with van der Waals surface area (Å²) in [7, 11) is 0. The van der Waals surface area contributed by atoms with Crippen LogP contribution in [0.25, 0.3) is 0 Å². The van der Waals surface area contributed by atoms with E-state index in [1.165, 1.54) is 0 Å². The van der Waals surface area contributed by atoms with Gasteiger partial charge in [-0.25, -0.2) is 4.79 Å². The van der Waals surface area contributed by atoms with Gasteiger partial charge >= 0.3 is 5.97 Å². The Balaban J connectivity index is 2.72. The third-order valence-electron chi connectivity index (χ3n) is 1.38. The summed E-state index contributed by atoms with van der Waals surface area (Å²) in [5, 5.41) is 28.6. The van der Waals surface area contributed by atoms with Crippen LogP contribution in [0, 0.1) is 0 Å². The van der Waals surface area contributed by atoms with Crippen molar-refractivity contribution in [2.45, 2.75) is 18.4 Å². The molecule has 0 spiro atoms. The number of hydrogen-bond acceptors (Lipinski definition) is 5. The Labute approximate surface area is 62.2 Å². The zero-order chi connectivity index (χ0) is 8.43. The smallest absolute Gasteiger partial charge is 0.331 e. The summed E-state index contributed by atoms with van der Waals surface area (Å²) in [6.07, 6.45) is -1.58. The van der Waals surface area contributed by atoms with E-state index in [2.05, 4.69) is 10.3 Å². The van der Waals surface area contributed by atoms with E-state index in [0.29, 0.717) is 0 Å². The number of aliphatic hydroxyl groups excluding tert-OH is 2. The molecule has 62 valence electrons. The van der Waals surface area contributed by atoms with Crippen molar-refractivity contribution in [1.29, 1.82) is 0 Å².